The predicted octanol–water partition coefficient (Wildman–Crippen LogP) is 3.04. The second-order valence-corrected chi connectivity index (χ2v) is 7.09. The summed E-state index contributed by atoms with van der Waals surface area (Å²) in [5.74, 6) is 1.92. The molecule has 24 heavy (non-hydrogen) atoms. The molecule has 0 unspecified atom stereocenters. The van der Waals surface area contributed by atoms with Crippen LogP contribution in [0.15, 0.2) is 46.8 Å². The Balaban J connectivity index is 1.30. The van der Waals surface area contributed by atoms with Crippen molar-refractivity contribution in [2.24, 2.45) is 0 Å². The smallest absolute Gasteiger partial charge is 0.230 e. The van der Waals surface area contributed by atoms with Gasteiger partial charge in [-0.05, 0) is 17.9 Å². The van der Waals surface area contributed by atoms with Crippen LogP contribution in [0.1, 0.15) is 12.1 Å². The second-order valence-electron chi connectivity index (χ2n) is 5.16. The van der Waals surface area contributed by atoms with Crippen molar-refractivity contribution in [1.82, 2.24) is 20.0 Å². The number of nitrogens with zero attached hydrogens (tertiary/aromatic N) is 3. The van der Waals surface area contributed by atoms with Crippen LogP contribution < -0.4 is 5.32 Å². The van der Waals surface area contributed by atoms with Gasteiger partial charge in [0.15, 0.2) is 5.76 Å². The van der Waals surface area contributed by atoms with Crippen molar-refractivity contribution in [1.29, 1.82) is 0 Å². The number of carbonyl (C=O) groups is 1. The molecule has 0 spiro atoms. The van der Waals surface area contributed by atoms with Crippen molar-refractivity contribution < 1.29 is 9.32 Å². The van der Waals surface area contributed by atoms with Gasteiger partial charge >= 0.3 is 0 Å². The van der Waals surface area contributed by atoms with E-state index in [1.165, 1.54) is 11.8 Å². The van der Waals surface area contributed by atoms with Crippen LogP contribution in [0.25, 0.3) is 10.6 Å². The molecule has 0 saturated carbocycles. The van der Waals surface area contributed by atoms with E-state index in [4.69, 9.17) is 4.52 Å². The normalized spacial score (nSPS) is 10.8. The first-order valence-corrected chi connectivity index (χ1v) is 9.64. The van der Waals surface area contributed by atoms with Gasteiger partial charge in [0.2, 0.25) is 5.91 Å². The van der Waals surface area contributed by atoms with Crippen LogP contribution in [0.5, 0.6) is 0 Å². The summed E-state index contributed by atoms with van der Waals surface area (Å²) < 4.78 is 7.32. The Kier molecular flexibility index (Phi) is 6.08. The van der Waals surface area contributed by atoms with E-state index in [2.05, 4.69) is 15.5 Å². The summed E-state index contributed by atoms with van der Waals surface area (Å²) in [5, 5.41) is 8.97. The molecular formula is C16H18N4O2S2. The Morgan fingerprint density at radius 3 is 3.21 bits per heavy atom. The lowest BCUT2D eigenvalue weighted by Gasteiger charge is -2.05. The molecule has 1 N–H and O–H groups in total. The number of carbonyl (C=O) groups excluding carboxylic acids is 1. The van der Waals surface area contributed by atoms with Gasteiger partial charge in [0, 0.05) is 37.3 Å². The number of imidazole rings is 1. The Hall–Kier alpha value is -2.06. The van der Waals surface area contributed by atoms with Crippen LogP contribution in [0.4, 0.5) is 0 Å². The molecule has 0 saturated heterocycles. The highest BCUT2D eigenvalue weighted by Crippen LogP contribution is 2.26. The maximum Gasteiger partial charge on any atom is 0.230 e. The molecule has 1 amide bonds. The minimum atomic E-state index is 0.0487. The van der Waals surface area contributed by atoms with Crippen LogP contribution in [0.3, 0.4) is 0 Å². The third kappa shape index (κ3) is 4.97. The average Bonchev–Trinajstić information content (AvgIpc) is 3.32. The van der Waals surface area contributed by atoms with E-state index in [-0.39, 0.29) is 5.91 Å². The molecular weight excluding hydrogens is 344 g/mol. The molecule has 3 heterocycles. The molecule has 0 bridgehead atoms. The van der Waals surface area contributed by atoms with Gasteiger partial charge in [0.25, 0.3) is 0 Å². The molecule has 8 heteroatoms. The number of rotatable bonds is 9. The Labute approximate surface area is 148 Å². The first-order chi connectivity index (χ1) is 11.8. The largest absolute Gasteiger partial charge is 0.355 e. The van der Waals surface area contributed by atoms with E-state index < -0.39 is 0 Å². The number of aromatic nitrogens is 3. The topological polar surface area (TPSA) is 73.0 Å². The van der Waals surface area contributed by atoms with E-state index >= 15 is 0 Å². The molecule has 0 aromatic carbocycles. The lowest BCUT2D eigenvalue weighted by Crippen LogP contribution is -2.26. The summed E-state index contributed by atoms with van der Waals surface area (Å²) in [6.45, 7) is 1.53. The highest BCUT2D eigenvalue weighted by Gasteiger charge is 2.08. The molecule has 0 radical (unpaired) electrons. The van der Waals surface area contributed by atoms with Crippen LogP contribution in [-0.4, -0.2) is 32.9 Å². The van der Waals surface area contributed by atoms with Crippen LogP contribution >= 0.6 is 23.1 Å². The quantitative estimate of drug-likeness (QED) is 0.592. The fourth-order valence-electron chi connectivity index (χ4n) is 2.12. The third-order valence-electron chi connectivity index (χ3n) is 3.28. The Morgan fingerprint density at radius 1 is 1.46 bits per heavy atom. The lowest BCUT2D eigenvalue weighted by molar-refractivity contribution is -0.118. The summed E-state index contributed by atoms with van der Waals surface area (Å²) in [6, 6.07) is 5.91. The fourth-order valence-corrected chi connectivity index (χ4v) is 3.53. The van der Waals surface area contributed by atoms with Gasteiger partial charge in [-0.25, -0.2) is 4.98 Å². The Morgan fingerprint density at radius 2 is 2.42 bits per heavy atom. The maximum atomic E-state index is 11.8. The van der Waals surface area contributed by atoms with E-state index in [0.717, 1.165) is 29.3 Å². The van der Waals surface area contributed by atoms with Crippen molar-refractivity contribution in [2.75, 3.05) is 12.3 Å². The zero-order valence-corrected chi connectivity index (χ0v) is 14.7. The highest BCUT2D eigenvalue weighted by molar-refractivity contribution is 7.99. The molecule has 126 valence electrons. The zero-order chi connectivity index (χ0) is 16.6. The molecule has 3 aromatic heterocycles. The molecule has 0 aliphatic rings. The molecule has 0 atom stereocenters. The summed E-state index contributed by atoms with van der Waals surface area (Å²) >= 11 is 3.15. The SMILES string of the molecule is O=C(CSCc1cc(-c2cccs2)on1)NCCCn1ccnc1. The number of nitrogens with one attached hydrogen (secondary N) is 1. The van der Waals surface area contributed by atoms with E-state index in [1.54, 1.807) is 23.9 Å². The highest BCUT2D eigenvalue weighted by atomic mass is 32.2. The van der Waals surface area contributed by atoms with Crippen molar-refractivity contribution in [3.05, 3.63) is 48.0 Å². The standard InChI is InChI=1S/C16H18N4O2S2/c21-16(18-4-2-6-20-7-5-17-12-20)11-23-10-13-9-14(22-19-13)15-3-1-8-24-15/h1,3,5,7-9,12H,2,4,6,10-11H2,(H,18,21). The summed E-state index contributed by atoms with van der Waals surface area (Å²) in [5.41, 5.74) is 0.858. The van der Waals surface area contributed by atoms with Crippen molar-refractivity contribution in [3.8, 4) is 10.6 Å². The molecule has 3 aromatic rings. The van der Waals surface area contributed by atoms with Crippen molar-refractivity contribution >= 4 is 29.0 Å². The summed E-state index contributed by atoms with van der Waals surface area (Å²) in [6.07, 6.45) is 6.34. The molecule has 0 aliphatic heterocycles. The van der Waals surface area contributed by atoms with E-state index in [9.17, 15) is 4.79 Å². The van der Waals surface area contributed by atoms with Crippen LogP contribution in [0.2, 0.25) is 0 Å². The maximum absolute atomic E-state index is 11.8. The monoisotopic (exact) mass is 362 g/mol. The summed E-state index contributed by atoms with van der Waals surface area (Å²) in [4.78, 5) is 16.8. The van der Waals surface area contributed by atoms with Crippen LogP contribution in [-0.2, 0) is 17.1 Å². The number of thioether (sulfide) groups is 1. The van der Waals surface area contributed by atoms with Gasteiger partial charge in [-0.1, -0.05) is 11.2 Å². The van der Waals surface area contributed by atoms with Gasteiger partial charge in [-0.15, -0.1) is 23.1 Å². The predicted molar refractivity (Wildman–Crippen MR) is 95.8 cm³/mol. The number of hydrogen-bond acceptors (Lipinski definition) is 6. The Bertz CT molecular complexity index is 738. The first-order valence-electron chi connectivity index (χ1n) is 7.61. The average molecular weight is 362 g/mol. The lowest BCUT2D eigenvalue weighted by atomic mass is 10.3. The third-order valence-corrected chi connectivity index (χ3v) is 5.13. The minimum absolute atomic E-state index is 0.0487. The fraction of sp³-hybridized carbons (Fsp3) is 0.312. The second kappa shape index (κ2) is 8.70. The van der Waals surface area contributed by atoms with Gasteiger partial charge in [0.05, 0.1) is 22.7 Å². The van der Waals surface area contributed by atoms with Crippen LogP contribution in [0, 0.1) is 0 Å². The van der Waals surface area contributed by atoms with Gasteiger partial charge in [-0.2, -0.15) is 0 Å². The molecule has 6 nitrogen and oxygen atoms in total. The minimum Gasteiger partial charge on any atom is -0.355 e. The van der Waals surface area contributed by atoms with E-state index in [1.807, 2.05) is 34.3 Å². The summed E-state index contributed by atoms with van der Waals surface area (Å²) in [7, 11) is 0. The number of hydrogen-bond donors (Lipinski definition) is 1. The number of aryl methyl sites for hydroxylation is 1. The number of thiophene rings is 1. The molecule has 0 aliphatic carbocycles. The molecule has 0 fully saturated rings. The van der Waals surface area contributed by atoms with Gasteiger partial charge < -0.3 is 14.4 Å². The zero-order valence-electron chi connectivity index (χ0n) is 13.1. The van der Waals surface area contributed by atoms with E-state index in [0.29, 0.717) is 18.1 Å². The van der Waals surface area contributed by atoms with Gasteiger partial charge in [-0.3, -0.25) is 4.79 Å². The van der Waals surface area contributed by atoms with Gasteiger partial charge in [0.1, 0.15) is 0 Å². The van der Waals surface area contributed by atoms with Crippen molar-refractivity contribution in [2.45, 2.75) is 18.7 Å². The number of amides is 1. The van der Waals surface area contributed by atoms with Crippen molar-refractivity contribution in [3.63, 3.8) is 0 Å². The first kappa shape index (κ1) is 16.8. The molecule has 3 rings (SSSR count).